The highest BCUT2D eigenvalue weighted by molar-refractivity contribution is 5.83. The molecule has 1 unspecified atom stereocenters. The second kappa shape index (κ2) is 11.7. The molecule has 0 spiro atoms. The number of ether oxygens (including phenoxy) is 2. The fraction of sp³-hybridized carbons (Fsp3) is 0.389. The van der Waals surface area contributed by atoms with Crippen molar-refractivity contribution in [1.82, 2.24) is 24.9 Å². The highest BCUT2D eigenvalue weighted by Gasteiger charge is 2.41. The minimum Gasteiger partial charge on any atom is -0.489 e. The van der Waals surface area contributed by atoms with Gasteiger partial charge in [0.1, 0.15) is 17.4 Å². The molecular weight excluding hydrogens is 550 g/mol. The Balaban J connectivity index is 1.40. The summed E-state index contributed by atoms with van der Waals surface area (Å²) in [6, 6.07) is 19.1. The molecule has 1 aliphatic rings. The molecule has 8 nitrogen and oxygen atoms in total. The first-order valence-electron chi connectivity index (χ1n) is 15.3. The number of carbonyl (C=O) groups excluding carboxylic acids is 1. The van der Waals surface area contributed by atoms with Gasteiger partial charge in [0.15, 0.2) is 0 Å². The van der Waals surface area contributed by atoms with Crippen molar-refractivity contribution in [3.63, 3.8) is 0 Å². The Kier molecular flexibility index (Phi) is 7.88. The Morgan fingerprint density at radius 2 is 1.95 bits per heavy atom. The lowest BCUT2D eigenvalue weighted by Crippen LogP contribution is -2.34. The molecule has 6 rings (SSSR count). The van der Waals surface area contributed by atoms with Crippen LogP contribution in [0.2, 0.25) is 0 Å². The molecule has 0 bridgehead atoms. The average Bonchev–Trinajstić information content (AvgIpc) is 3.30. The van der Waals surface area contributed by atoms with E-state index in [0.717, 1.165) is 76.0 Å². The van der Waals surface area contributed by atoms with Gasteiger partial charge in [-0.3, -0.25) is 14.7 Å². The lowest BCUT2D eigenvalue weighted by atomic mass is 9.69. The highest BCUT2D eigenvalue weighted by atomic mass is 16.5. The summed E-state index contributed by atoms with van der Waals surface area (Å²) in [5.41, 5.74) is 8.68. The number of aromatic nitrogens is 4. The number of nitrogens with zero attached hydrogens (tertiary/aromatic N) is 5. The van der Waals surface area contributed by atoms with Crippen molar-refractivity contribution < 1.29 is 14.3 Å². The zero-order valence-corrected chi connectivity index (χ0v) is 26.7. The molecule has 1 aliphatic heterocycles. The average molecular weight is 592 g/mol. The van der Waals surface area contributed by atoms with Crippen LogP contribution in [-0.2, 0) is 29.7 Å². The molecule has 5 aromatic rings. The molecule has 8 heteroatoms. The molecule has 2 aromatic heterocycles. The van der Waals surface area contributed by atoms with Gasteiger partial charge in [-0.05, 0) is 86.2 Å². The monoisotopic (exact) mass is 591 g/mol. The normalized spacial score (nSPS) is 16.4. The van der Waals surface area contributed by atoms with Crippen LogP contribution < -0.4 is 4.74 Å². The van der Waals surface area contributed by atoms with E-state index in [1.54, 1.807) is 4.68 Å². The van der Waals surface area contributed by atoms with E-state index >= 15 is 0 Å². The molecule has 44 heavy (non-hydrogen) atoms. The smallest absolute Gasteiger partial charge is 0.312 e. The number of methoxy groups -OCH3 is 1. The topological polar surface area (TPSA) is 82.4 Å². The summed E-state index contributed by atoms with van der Waals surface area (Å²) < 4.78 is 13.7. The maximum absolute atomic E-state index is 13.3. The molecular formula is C36H41N5O3. The number of benzene rings is 3. The van der Waals surface area contributed by atoms with E-state index in [4.69, 9.17) is 9.47 Å². The third-order valence-corrected chi connectivity index (χ3v) is 9.31. The van der Waals surface area contributed by atoms with Gasteiger partial charge in [0, 0.05) is 49.7 Å². The van der Waals surface area contributed by atoms with Gasteiger partial charge in [-0.15, -0.1) is 5.10 Å². The lowest BCUT2D eigenvalue weighted by molar-refractivity contribution is -0.151. The number of hydrogen-bond acceptors (Lipinski definition) is 7. The fourth-order valence-corrected chi connectivity index (χ4v) is 6.73. The maximum atomic E-state index is 13.3. The molecule has 0 radical (unpaired) electrons. The maximum Gasteiger partial charge on any atom is 0.312 e. The zero-order chi connectivity index (χ0) is 31.2. The second-order valence-corrected chi connectivity index (χ2v) is 12.7. The highest BCUT2D eigenvalue weighted by Crippen LogP contribution is 2.44. The zero-order valence-electron chi connectivity index (χ0n) is 26.7. The van der Waals surface area contributed by atoms with E-state index in [2.05, 4.69) is 83.4 Å². The van der Waals surface area contributed by atoms with Crippen LogP contribution in [-0.4, -0.2) is 50.6 Å². The van der Waals surface area contributed by atoms with Crippen molar-refractivity contribution in [3.05, 3.63) is 94.2 Å². The van der Waals surface area contributed by atoms with Crippen molar-refractivity contribution >= 4 is 27.9 Å². The number of pyridine rings is 1. The van der Waals surface area contributed by atoms with E-state index in [0.29, 0.717) is 0 Å². The standard InChI is InChI=1S/C36H41N5O3/c1-8-28-21-41(20-27-17-30-24(10-9-15-37-30)18-32(27)44-28)19-26-16-25(12-11-22(26)2)33(36(4,5)35(42)43-7)29-13-14-31-34(23(29)3)38-39-40(31)6/h9-18,28,33H,8,19-21H2,1-7H3/t28-,33?/m0/s1. The van der Waals surface area contributed by atoms with Crippen LogP contribution in [0.5, 0.6) is 5.75 Å². The van der Waals surface area contributed by atoms with Crippen LogP contribution in [0.25, 0.3) is 21.9 Å². The van der Waals surface area contributed by atoms with Gasteiger partial charge >= 0.3 is 5.97 Å². The number of esters is 1. The summed E-state index contributed by atoms with van der Waals surface area (Å²) in [6.07, 6.45) is 2.84. The molecule has 0 fully saturated rings. The Morgan fingerprint density at radius 3 is 2.73 bits per heavy atom. The second-order valence-electron chi connectivity index (χ2n) is 12.7. The van der Waals surface area contributed by atoms with Gasteiger partial charge in [0.2, 0.25) is 0 Å². The van der Waals surface area contributed by atoms with Gasteiger partial charge in [0.25, 0.3) is 0 Å². The molecule has 0 amide bonds. The Hall–Kier alpha value is -4.30. The largest absolute Gasteiger partial charge is 0.489 e. The molecule has 0 aliphatic carbocycles. The first-order valence-corrected chi connectivity index (χ1v) is 15.3. The van der Waals surface area contributed by atoms with E-state index in [1.165, 1.54) is 18.2 Å². The summed E-state index contributed by atoms with van der Waals surface area (Å²) in [5.74, 6) is 0.436. The summed E-state index contributed by atoms with van der Waals surface area (Å²) in [5, 5.41) is 9.78. The molecule has 2 atom stereocenters. The van der Waals surface area contributed by atoms with Gasteiger partial charge in [-0.2, -0.15) is 0 Å². The van der Waals surface area contributed by atoms with Crippen molar-refractivity contribution in [2.24, 2.45) is 12.5 Å². The molecule has 3 aromatic carbocycles. The van der Waals surface area contributed by atoms with Gasteiger partial charge in [-0.25, -0.2) is 4.68 Å². The van der Waals surface area contributed by atoms with E-state index in [1.807, 2.05) is 39.2 Å². The van der Waals surface area contributed by atoms with Crippen molar-refractivity contribution in [2.45, 2.75) is 66.2 Å². The third-order valence-electron chi connectivity index (χ3n) is 9.31. The number of fused-ring (bicyclic) bond motifs is 3. The van der Waals surface area contributed by atoms with Crippen LogP contribution in [0.1, 0.15) is 66.5 Å². The molecule has 0 saturated heterocycles. The van der Waals surface area contributed by atoms with Crippen LogP contribution in [0.3, 0.4) is 0 Å². The number of carbonyl (C=O) groups is 1. The molecule has 228 valence electrons. The summed E-state index contributed by atoms with van der Waals surface area (Å²) in [4.78, 5) is 20.4. The molecule has 0 saturated carbocycles. The minimum absolute atomic E-state index is 0.0845. The third kappa shape index (κ3) is 5.32. The summed E-state index contributed by atoms with van der Waals surface area (Å²) in [7, 11) is 3.35. The molecule has 0 N–H and O–H groups in total. The van der Waals surface area contributed by atoms with Crippen molar-refractivity contribution in [3.8, 4) is 5.75 Å². The number of aryl methyl sites for hydroxylation is 3. The summed E-state index contributed by atoms with van der Waals surface area (Å²) in [6.45, 7) is 12.7. The fourth-order valence-electron chi connectivity index (χ4n) is 6.73. The van der Waals surface area contributed by atoms with E-state index in [-0.39, 0.29) is 18.0 Å². The van der Waals surface area contributed by atoms with Crippen molar-refractivity contribution in [1.29, 1.82) is 0 Å². The Morgan fingerprint density at radius 1 is 1.14 bits per heavy atom. The lowest BCUT2D eigenvalue weighted by Gasteiger charge is -2.34. The predicted molar refractivity (Wildman–Crippen MR) is 173 cm³/mol. The van der Waals surface area contributed by atoms with Crippen LogP contribution in [0.4, 0.5) is 0 Å². The van der Waals surface area contributed by atoms with Gasteiger partial charge in [0.05, 0.1) is 23.6 Å². The van der Waals surface area contributed by atoms with Gasteiger partial charge < -0.3 is 9.47 Å². The van der Waals surface area contributed by atoms with E-state index < -0.39 is 5.41 Å². The van der Waals surface area contributed by atoms with Crippen molar-refractivity contribution in [2.75, 3.05) is 13.7 Å². The van der Waals surface area contributed by atoms with Crippen LogP contribution >= 0.6 is 0 Å². The SMILES string of the molecule is CC[C@H]1CN(Cc2cc(C(c3ccc4c(nnn4C)c3C)C(C)(C)C(=O)OC)ccc2C)Cc2cc3ncccc3cc2O1. The number of rotatable bonds is 7. The molecule has 3 heterocycles. The van der Waals surface area contributed by atoms with Crippen LogP contribution in [0, 0.1) is 19.3 Å². The summed E-state index contributed by atoms with van der Waals surface area (Å²) >= 11 is 0. The quantitative estimate of drug-likeness (QED) is 0.196. The van der Waals surface area contributed by atoms with Gasteiger partial charge in [-0.1, -0.05) is 42.5 Å². The van der Waals surface area contributed by atoms with Crippen LogP contribution in [0.15, 0.2) is 60.8 Å². The predicted octanol–water partition coefficient (Wildman–Crippen LogP) is 6.64. The first-order chi connectivity index (χ1) is 21.1. The Bertz CT molecular complexity index is 1860. The Labute approximate surface area is 259 Å². The number of hydrogen-bond donors (Lipinski definition) is 0. The first kappa shape index (κ1) is 29.8. The van der Waals surface area contributed by atoms with E-state index in [9.17, 15) is 4.79 Å². The minimum atomic E-state index is -0.835.